The summed E-state index contributed by atoms with van der Waals surface area (Å²) in [6.07, 6.45) is 4.73. The molecule has 2 nitrogen and oxygen atoms in total. The highest BCUT2D eigenvalue weighted by Gasteiger charge is 2.38. The van der Waals surface area contributed by atoms with Crippen molar-refractivity contribution >= 4 is 6.08 Å². The van der Waals surface area contributed by atoms with E-state index in [1.54, 1.807) is 5.57 Å². The largest absolute Gasteiger partial charge is 0.326 e. The van der Waals surface area contributed by atoms with Crippen molar-refractivity contribution in [3.05, 3.63) is 76.9 Å². The molecule has 1 fully saturated rings. The Labute approximate surface area is 139 Å². The Morgan fingerprint density at radius 1 is 1.09 bits per heavy atom. The van der Waals surface area contributed by atoms with Gasteiger partial charge >= 0.3 is 0 Å². The quantitative estimate of drug-likeness (QED) is 0.807. The fraction of sp³-hybridized carbons (Fsp3) is 0.333. The average Bonchev–Trinajstić information content (AvgIpc) is 3.38. The maximum Gasteiger partial charge on any atom is 0.0211 e. The number of nitrogens with two attached hydrogens (primary N) is 1. The van der Waals surface area contributed by atoms with Crippen molar-refractivity contribution in [1.82, 2.24) is 5.32 Å². The standard InChI is InChI=1S/C21H26N2/c1-2-17(12-16-8-4-3-5-9-16)20-13-21(20)23-15-19-11-7-6-10-18(19)14-22/h3-12,20-21,23H,2,13-15,22H2,1H3/t20-,21?/m0/s1. The predicted molar refractivity (Wildman–Crippen MR) is 97.8 cm³/mol. The summed E-state index contributed by atoms with van der Waals surface area (Å²) in [4.78, 5) is 0. The summed E-state index contributed by atoms with van der Waals surface area (Å²) >= 11 is 0. The molecule has 0 saturated heterocycles. The van der Waals surface area contributed by atoms with E-state index in [0.29, 0.717) is 18.5 Å². The zero-order valence-electron chi connectivity index (χ0n) is 13.8. The normalized spacial score (nSPS) is 20.5. The third kappa shape index (κ3) is 4.10. The van der Waals surface area contributed by atoms with Gasteiger partial charge in [0.1, 0.15) is 0 Å². The van der Waals surface area contributed by atoms with Gasteiger partial charge in [0.25, 0.3) is 0 Å². The number of nitrogens with one attached hydrogen (secondary N) is 1. The summed E-state index contributed by atoms with van der Waals surface area (Å²) in [6.45, 7) is 3.78. The molecule has 2 aromatic carbocycles. The Bertz CT molecular complexity index is 661. The Balaban J connectivity index is 1.59. The van der Waals surface area contributed by atoms with Crippen LogP contribution in [-0.2, 0) is 13.1 Å². The van der Waals surface area contributed by atoms with E-state index in [9.17, 15) is 0 Å². The second kappa shape index (κ2) is 7.58. The summed E-state index contributed by atoms with van der Waals surface area (Å²) in [5.41, 5.74) is 11.3. The molecule has 2 aromatic rings. The number of hydrogen-bond donors (Lipinski definition) is 2. The minimum atomic E-state index is 0.607. The van der Waals surface area contributed by atoms with Crippen molar-refractivity contribution in [3.8, 4) is 0 Å². The number of rotatable bonds is 7. The zero-order chi connectivity index (χ0) is 16.1. The van der Waals surface area contributed by atoms with Crippen LogP contribution in [0.15, 0.2) is 60.2 Å². The van der Waals surface area contributed by atoms with Crippen molar-refractivity contribution in [1.29, 1.82) is 0 Å². The summed E-state index contributed by atoms with van der Waals surface area (Å²) < 4.78 is 0. The third-order valence-corrected chi connectivity index (χ3v) is 4.72. The van der Waals surface area contributed by atoms with Crippen LogP contribution in [0.1, 0.15) is 36.5 Å². The molecule has 0 aromatic heterocycles. The van der Waals surface area contributed by atoms with Crippen molar-refractivity contribution in [3.63, 3.8) is 0 Å². The van der Waals surface area contributed by atoms with Crippen LogP contribution in [0, 0.1) is 5.92 Å². The molecule has 0 heterocycles. The fourth-order valence-electron chi connectivity index (χ4n) is 3.24. The van der Waals surface area contributed by atoms with Crippen molar-refractivity contribution in [2.75, 3.05) is 0 Å². The molecule has 23 heavy (non-hydrogen) atoms. The topological polar surface area (TPSA) is 38.0 Å². The highest BCUT2D eigenvalue weighted by molar-refractivity contribution is 5.54. The first-order valence-corrected chi connectivity index (χ1v) is 8.57. The van der Waals surface area contributed by atoms with E-state index in [1.165, 1.54) is 23.1 Å². The number of hydrogen-bond acceptors (Lipinski definition) is 2. The van der Waals surface area contributed by atoms with Crippen LogP contribution < -0.4 is 11.1 Å². The lowest BCUT2D eigenvalue weighted by atomic mass is 10.0. The van der Waals surface area contributed by atoms with Gasteiger partial charge in [-0.05, 0) is 35.4 Å². The van der Waals surface area contributed by atoms with Gasteiger partial charge in [0.05, 0.1) is 0 Å². The van der Waals surface area contributed by atoms with Gasteiger partial charge in [0, 0.05) is 19.1 Å². The molecule has 3 rings (SSSR count). The van der Waals surface area contributed by atoms with E-state index in [4.69, 9.17) is 5.73 Å². The van der Waals surface area contributed by atoms with Crippen LogP contribution in [-0.4, -0.2) is 6.04 Å². The first-order chi connectivity index (χ1) is 11.3. The third-order valence-electron chi connectivity index (χ3n) is 4.72. The van der Waals surface area contributed by atoms with E-state index in [0.717, 1.165) is 13.0 Å². The highest BCUT2D eigenvalue weighted by Crippen LogP contribution is 2.39. The van der Waals surface area contributed by atoms with E-state index < -0.39 is 0 Å². The minimum absolute atomic E-state index is 0.607. The molecule has 0 amide bonds. The average molecular weight is 306 g/mol. The molecule has 1 aliphatic carbocycles. The molecular formula is C21H26N2. The van der Waals surface area contributed by atoms with Crippen LogP contribution >= 0.6 is 0 Å². The Morgan fingerprint density at radius 2 is 1.78 bits per heavy atom. The van der Waals surface area contributed by atoms with Gasteiger partial charge in [-0.1, -0.05) is 73.2 Å². The lowest BCUT2D eigenvalue weighted by Crippen LogP contribution is -2.19. The minimum Gasteiger partial charge on any atom is -0.326 e. The Morgan fingerprint density at radius 3 is 2.48 bits per heavy atom. The van der Waals surface area contributed by atoms with Crippen LogP contribution in [0.3, 0.4) is 0 Å². The maximum atomic E-state index is 5.82. The summed E-state index contributed by atoms with van der Waals surface area (Å²) in [7, 11) is 0. The first kappa shape index (κ1) is 16.0. The summed E-state index contributed by atoms with van der Waals surface area (Å²) in [6, 6.07) is 19.7. The molecule has 0 aliphatic heterocycles. The lowest BCUT2D eigenvalue weighted by molar-refractivity contribution is 0.651. The Hall–Kier alpha value is -1.90. The van der Waals surface area contributed by atoms with Crippen LogP contribution in [0.2, 0.25) is 0 Å². The molecule has 2 atom stereocenters. The SMILES string of the molecule is CCC(=Cc1ccccc1)[C@@H]1CC1NCc1ccccc1CN. The van der Waals surface area contributed by atoms with Gasteiger partial charge in [-0.25, -0.2) is 0 Å². The second-order valence-corrected chi connectivity index (χ2v) is 6.29. The lowest BCUT2D eigenvalue weighted by Gasteiger charge is -2.10. The van der Waals surface area contributed by atoms with E-state index in [2.05, 4.69) is 72.9 Å². The molecule has 1 saturated carbocycles. The van der Waals surface area contributed by atoms with Crippen molar-refractivity contribution in [2.24, 2.45) is 11.7 Å². The van der Waals surface area contributed by atoms with Crippen molar-refractivity contribution < 1.29 is 0 Å². The molecule has 0 radical (unpaired) electrons. The number of benzene rings is 2. The molecule has 2 heteroatoms. The van der Waals surface area contributed by atoms with E-state index >= 15 is 0 Å². The van der Waals surface area contributed by atoms with Gasteiger partial charge in [-0.15, -0.1) is 0 Å². The second-order valence-electron chi connectivity index (χ2n) is 6.29. The van der Waals surface area contributed by atoms with Gasteiger partial charge in [-0.2, -0.15) is 0 Å². The summed E-state index contributed by atoms with van der Waals surface area (Å²) in [5, 5.41) is 3.70. The molecule has 0 bridgehead atoms. The van der Waals surface area contributed by atoms with Gasteiger partial charge in [-0.3, -0.25) is 0 Å². The Kier molecular flexibility index (Phi) is 5.27. The first-order valence-electron chi connectivity index (χ1n) is 8.57. The van der Waals surface area contributed by atoms with Crippen LogP contribution in [0.4, 0.5) is 0 Å². The van der Waals surface area contributed by atoms with Crippen LogP contribution in [0.25, 0.3) is 6.08 Å². The maximum absolute atomic E-state index is 5.82. The van der Waals surface area contributed by atoms with E-state index in [1.807, 2.05) is 0 Å². The monoisotopic (exact) mass is 306 g/mol. The summed E-state index contributed by atoms with van der Waals surface area (Å²) in [5.74, 6) is 0.685. The van der Waals surface area contributed by atoms with Gasteiger partial charge in [0.15, 0.2) is 0 Å². The molecule has 120 valence electrons. The molecule has 0 spiro atoms. The van der Waals surface area contributed by atoms with Gasteiger partial charge in [0.2, 0.25) is 0 Å². The zero-order valence-corrected chi connectivity index (χ0v) is 13.8. The molecular weight excluding hydrogens is 280 g/mol. The van der Waals surface area contributed by atoms with Crippen molar-refractivity contribution in [2.45, 2.75) is 38.9 Å². The molecule has 3 N–H and O–H groups in total. The smallest absolute Gasteiger partial charge is 0.0211 e. The highest BCUT2D eigenvalue weighted by atomic mass is 15.0. The van der Waals surface area contributed by atoms with E-state index in [-0.39, 0.29) is 0 Å². The predicted octanol–water partition coefficient (Wildman–Crippen LogP) is 4.12. The fourth-order valence-corrected chi connectivity index (χ4v) is 3.24. The molecule has 1 unspecified atom stereocenters. The van der Waals surface area contributed by atoms with Crippen LogP contribution in [0.5, 0.6) is 0 Å². The molecule has 1 aliphatic rings. The van der Waals surface area contributed by atoms with Gasteiger partial charge < -0.3 is 11.1 Å².